The first-order valence-corrected chi connectivity index (χ1v) is 8.45. The summed E-state index contributed by atoms with van der Waals surface area (Å²) in [7, 11) is 0. The van der Waals surface area contributed by atoms with Gasteiger partial charge in [-0.2, -0.15) is 0 Å². The molecule has 1 aliphatic rings. The molecule has 1 N–H and O–H groups in total. The van der Waals surface area contributed by atoms with Crippen molar-refractivity contribution in [3.8, 4) is 5.75 Å². The Morgan fingerprint density at radius 2 is 1.62 bits per heavy atom. The minimum absolute atomic E-state index is 0.102. The number of hydrogen-bond donors (Lipinski definition) is 1. The van der Waals surface area contributed by atoms with Crippen LogP contribution in [0, 0.1) is 32.6 Å². The summed E-state index contributed by atoms with van der Waals surface area (Å²) in [6.07, 6.45) is 1.52. The molecule has 1 aliphatic heterocycles. The Morgan fingerprint density at radius 3 is 2.33 bits per heavy atom. The van der Waals surface area contributed by atoms with Crippen molar-refractivity contribution in [1.29, 1.82) is 0 Å². The average molecular weight is 324 g/mol. The van der Waals surface area contributed by atoms with E-state index in [9.17, 15) is 9.90 Å². The number of carbonyl (C=O) groups is 1. The molecule has 2 atom stereocenters. The first kappa shape index (κ1) is 16.6. The van der Waals surface area contributed by atoms with E-state index in [1.165, 1.54) is 16.7 Å². The highest BCUT2D eigenvalue weighted by atomic mass is 16.5. The van der Waals surface area contributed by atoms with Crippen LogP contribution in [-0.4, -0.2) is 17.7 Å². The molecule has 3 heteroatoms. The minimum atomic E-state index is -0.115. The zero-order valence-electron chi connectivity index (χ0n) is 14.5. The third kappa shape index (κ3) is 3.45. The molecule has 3 nitrogen and oxygen atoms in total. The summed E-state index contributed by atoms with van der Waals surface area (Å²) >= 11 is 0. The largest absolute Gasteiger partial charge is 0.508 e. The van der Waals surface area contributed by atoms with Gasteiger partial charge >= 0.3 is 5.97 Å². The fourth-order valence-corrected chi connectivity index (χ4v) is 3.39. The summed E-state index contributed by atoms with van der Waals surface area (Å²) in [5, 5.41) is 9.66. The first-order valence-electron chi connectivity index (χ1n) is 8.45. The highest BCUT2D eigenvalue weighted by Gasteiger charge is 2.36. The van der Waals surface area contributed by atoms with Gasteiger partial charge in [0.15, 0.2) is 0 Å². The van der Waals surface area contributed by atoms with E-state index in [1.54, 1.807) is 6.07 Å². The van der Waals surface area contributed by atoms with Gasteiger partial charge in [0.25, 0.3) is 0 Å². The van der Waals surface area contributed by atoms with Crippen molar-refractivity contribution >= 4 is 5.97 Å². The lowest BCUT2D eigenvalue weighted by atomic mass is 9.84. The van der Waals surface area contributed by atoms with Gasteiger partial charge in [-0.3, -0.25) is 4.79 Å². The molecule has 0 unspecified atom stereocenters. The van der Waals surface area contributed by atoms with Gasteiger partial charge in [-0.25, -0.2) is 0 Å². The van der Waals surface area contributed by atoms with E-state index < -0.39 is 0 Å². The van der Waals surface area contributed by atoms with E-state index >= 15 is 0 Å². The summed E-state index contributed by atoms with van der Waals surface area (Å²) < 4.78 is 5.34. The van der Waals surface area contributed by atoms with Crippen molar-refractivity contribution in [2.45, 2.75) is 33.6 Å². The number of aryl methyl sites for hydroxylation is 3. The minimum Gasteiger partial charge on any atom is -0.508 e. The van der Waals surface area contributed by atoms with Crippen LogP contribution in [-0.2, 0) is 22.4 Å². The number of phenolic OH excluding ortho intramolecular Hbond substituents is 1. The Morgan fingerprint density at radius 1 is 0.958 bits per heavy atom. The molecule has 2 aromatic rings. The highest BCUT2D eigenvalue weighted by Crippen LogP contribution is 2.30. The number of ether oxygens (including phenoxy) is 1. The Balaban J connectivity index is 1.76. The highest BCUT2D eigenvalue weighted by molar-refractivity contribution is 5.75. The van der Waals surface area contributed by atoms with Crippen LogP contribution in [0.4, 0.5) is 0 Å². The maximum atomic E-state index is 12.2. The molecule has 3 rings (SSSR count). The molecule has 0 saturated carbocycles. The van der Waals surface area contributed by atoms with Crippen LogP contribution in [0.25, 0.3) is 0 Å². The van der Waals surface area contributed by atoms with Crippen LogP contribution in [0.3, 0.4) is 0 Å². The number of esters is 1. The summed E-state index contributed by atoms with van der Waals surface area (Å²) in [4.78, 5) is 12.2. The lowest BCUT2D eigenvalue weighted by molar-refractivity contribution is -0.141. The van der Waals surface area contributed by atoms with Crippen molar-refractivity contribution in [2.24, 2.45) is 11.8 Å². The summed E-state index contributed by atoms with van der Waals surface area (Å²) in [5.74, 6) is 0.276. The number of aromatic hydroxyl groups is 1. The molecule has 24 heavy (non-hydrogen) atoms. The molecule has 0 radical (unpaired) electrons. The van der Waals surface area contributed by atoms with Crippen molar-refractivity contribution in [1.82, 2.24) is 0 Å². The number of hydrogen-bond acceptors (Lipinski definition) is 3. The molecule has 0 aliphatic carbocycles. The lowest BCUT2D eigenvalue weighted by Gasteiger charge is -2.16. The predicted octanol–water partition coefficient (Wildman–Crippen LogP) is 3.89. The van der Waals surface area contributed by atoms with Crippen LogP contribution in [0.1, 0.15) is 27.8 Å². The number of cyclic esters (lactones) is 1. The third-order valence-electron chi connectivity index (χ3n) is 5.10. The van der Waals surface area contributed by atoms with Gasteiger partial charge in [0.1, 0.15) is 5.75 Å². The zero-order valence-corrected chi connectivity index (χ0v) is 14.5. The van der Waals surface area contributed by atoms with E-state index in [2.05, 4.69) is 32.0 Å². The number of benzene rings is 2. The topological polar surface area (TPSA) is 46.5 Å². The standard InChI is InChI=1S/C21H24O3/c1-13-4-5-16(8-14(13)2)10-18-12-24-21(23)19(18)11-17-6-7-20(22)15(3)9-17/h4-9,18-19,22H,10-12H2,1-3H3/t18-,19+/m0/s1. The molecular weight excluding hydrogens is 300 g/mol. The van der Waals surface area contributed by atoms with Crippen molar-refractivity contribution < 1.29 is 14.6 Å². The first-order chi connectivity index (χ1) is 11.4. The van der Waals surface area contributed by atoms with Crippen molar-refractivity contribution in [3.63, 3.8) is 0 Å². The molecule has 2 aromatic carbocycles. The molecule has 126 valence electrons. The van der Waals surface area contributed by atoms with Crippen LogP contribution in [0.5, 0.6) is 5.75 Å². The lowest BCUT2D eigenvalue weighted by Crippen LogP contribution is -2.20. The molecule has 0 bridgehead atoms. The van der Waals surface area contributed by atoms with Gasteiger partial charge in [-0.1, -0.05) is 30.3 Å². The molecule has 1 saturated heterocycles. The summed E-state index contributed by atoms with van der Waals surface area (Å²) in [5.41, 5.74) is 5.73. The predicted molar refractivity (Wildman–Crippen MR) is 94.1 cm³/mol. The fourth-order valence-electron chi connectivity index (χ4n) is 3.39. The van der Waals surface area contributed by atoms with E-state index in [4.69, 9.17) is 4.74 Å². The monoisotopic (exact) mass is 324 g/mol. The maximum absolute atomic E-state index is 12.2. The molecule has 1 heterocycles. The summed E-state index contributed by atoms with van der Waals surface area (Å²) in [6.45, 7) is 6.59. The van der Waals surface area contributed by atoms with Gasteiger partial charge in [-0.05, 0) is 67.5 Å². The Hall–Kier alpha value is -2.29. The van der Waals surface area contributed by atoms with E-state index in [-0.39, 0.29) is 17.8 Å². The van der Waals surface area contributed by atoms with E-state index in [0.717, 1.165) is 17.5 Å². The Labute approximate surface area is 143 Å². The van der Waals surface area contributed by atoms with Crippen LogP contribution >= 0.6 is 0 Å². The normalized spacial score (nSPS) is 20.2. The third-order valence-corrected chi connectivity index (χ3v) is 5.10. The molecule has 0 spiro atoms. The maximum Gasteiger partial charge on any atom is 0.309 e. The van der Waals surface area contributed by atoms with Gasteiger partial charge in [0, 0.05) is 5.92 Å². The van der Waals surface area contributed by atoms with Gasteiger partial charge in [0.05, 0.1) is 12.5 Å². The van der Waals surface area contributed by atoms with E-state index in [1.807, 2.05) is 19.1 Å². The van der Waals surface area contributed by atoms with Crippen LogP contribution < -0.4 is 0 Å². The second kappa shape index (κ2) is 6.68. The van der Waals surface area contributed by atoms with Crippen LogP contribution in [0.2, 0.25) is 0 Å². The van der Waals surface area contributed by atoms with Gasteiger partial charge < -0.3 is 9.84 Å². The average Bonchev–Trinajstić information content (AvgIpc) is 2.87. The number of carbonyl (C=O) groups excluding carboxylic acids is 1. The number of phenols is 1. The quantitative estimate of drug-likeness (QED) is 0.868. The Kier molecular flexibility index (Phi) is 4.61. The second-order valence-corrected chi connectivity index (χ2v) is 6.94. The smallest absolute Gasteiger partial charge is 0.309 e. The van der Waals surface area contributed by atoms with Crippen molar-refractivity contribution in [3.05, 3.63) is 64.2 Å². The van der Waals surface area contributed by atoms with Crippen molar-refractivity contribution in [2.75, 3.05) is 6.61 Å². The molecule has 0 aromatic heterocycles. The SMILES string of the molecule is Cc1ccc(C[C@H]2COC(=O)[C@@H]2Cc2ccc(O)c(C)c2)cc1C. The Bertz CT molecular complexity index is 764. The van der Waals surface area contributed by atoms with Gasteiger partial charge in [-0.15, -0.1) is 0 Å². The zero-order chi connectivity index (χ0) is 17.3. The summed E-state index contributed by atoms with van der Waals surface area (Å²) in [6, 6.07) is 12.0. The molecular formula is C21H24O3. The van der Waals surface area contributed by atoms with Crippen LogP contribution in [0.15, 0.2) is 36.4 Å². The fraction of sp³-hybridized carbons (Fsp3) is 0.381. The molecule has 1 fully saturated rings. The van der Waals surface area contributed by atoms with E-state index in [0.29, 0.717) is 18.8 Å². The molecule has 0 amide bonds. The number of rotatable bonds is 4. The second-order valence-electron chi connectivity index (χ2n) is 6.94. The van der Waals surface area contributed by atoms with Gasteiger partial charge in [0.2, 0.25) is 0 Å².